The number of piperazine rings is 1. The fourth-order valence-electron chi connectivity index (χ4n) is 3.05. The lowest BCUT2D eigenvalue weighted by molar-refractivity contribution is 0.0748. The van der Waals surface area contributed by atoms with Crippen LogP contribution in [0.3, 0.4) is 0 Å². The third kappa shape index (κ3) is 3.83. The van der Waals surface area contributed by atoms with Gasteiger partial charge in [0.1, 0.15) is 0 Å². The molecule has 2 rings (SSSR count). The molecule has 1 aromatic heterocycles. The van der Waals surface area contributed by atoms with Gasteiger partial charge in [0.25, 0.3) is 0 Å². The molecule has 1 aliphatic heterocycles. The maximum Gasteiger partial charge on any atom is 0.0536 e. The molecule has 0 bridgehead atoms. The number of aromatic nitrogens is 2. The van der Waals surface area contributed by atoms with E-state index in [1.807, 2.05) is 16.9 Å². The second kappa shape index (κ2) is 7.23. The highest BCUT2D eigenvalue weighted by molar-refractivity contribution is 4.90. The van der Waals surface area contributed by atoms with Gasteiger partial charge in [-0.2, -0.15) is 5.10 Å². The maximum absolute atomic E-state index is 4.32. The Kier molecular flexibility index (Phi) is 5.61. The zero-order chi connectivity index (χ0) is 14.5. The van der Waals surface area contributed by atoms with Gasteiger partial charge < -0.3 is 5.32 Å². The van der Waals surface area contributed by atoms with Gasteiger partial charge in [-0.05, 0) is 17.9 Å². The normalized spacial score (nSPS) is 26.1. The van der Waals surface area contributed by atoms with Crippen molar-refractivity contribution < 1.29 is 0 Å². The van der Waals surface area contributed by atoms with Gasteiger partial charge in [-0.15, -0.1) is 0 Å². The molecule has 4 heteroatoms. The Morgan fingerprint density at radius 2 is 2.10 bits per heavy atom. The van der Waals surface area contributed by atoms with Gasteiger partial charge in [-0.25, -0.2) is 0 Å². The van der Waals surface area contributed by atoms with Gasteiger partial charge in [0.15, 0.2) is 0 Å². The number of hydrogen-bond donors (Lipinski definition) is 1. The summed E-state index contributed by atoms with van der Waals surface area (Å²) in [6, 6.07) is 3.28. The molecule has 114 valence electrons. The Morgan fingerprint density at radius 3 is 2.70 bits per heavy atom. The summed E-state index contributed by atoms with van der Waals surface area (Å²) >= 11 is 0. The summed E-state index contributed by atoms with van der Waals surface area (Å²) < 4.78 is 2.04. The minimum Gasteiger partial charge on any atom is -0.311 e. The highest BCUT2D eigenvalue weighted by Gasteiger charge is 2.31. The van der Waals surface area contributed by atoms with E-state index in [0.29, 0.717) is 18.0 Å². The van der Waals surface area contributed by atoms with E-state index in [0.717, 1.165) is 32.1 Å². The molecule has 1 fully saturated rings. The Bertz CT molecular complexity index is 374. The average Bonchev–Trinajstić information content (AvgIpc) is 2.97. The number of rotatable bonds is 6. The number of nitrogens with zero attached hydrogens (tertiary/aromatic N) is 3. The minimum absolute atomic E-state index is 0.618. The van der Waals surface area contributed by atoms with Crippen LogP contribution in [0.5, 0.6) is 0 Å². The molecule has 20 heavy (non-hydrogen) atoms. The van der Waals surface area contributed by atoms with Gasteiger partial charge >= 0.3 is 0 Å². The first-order valence-corrected chi connectivity index (χ1v) is 8.06. The van der Waals surface area contributed by atoms with Gasteiger partial charge in [0, 0.05) is 44.1 Å². The Hall–Kier alpha value is -0.870. The second-order valence-corrected chi connectivity index (χ2v) is 6.48. The Labute approximate surface area is 123 Å². The topological polar surface area (TPSA) is 33.1 Å². The molecule has 0 amide bonds. The van der Waals surface area contributed by atoms with E-state index in [1.54, 1.807) is 0 Å². The van der Waals surface area contributed by atoms with Crippen LogP contribution >= 0.6 is 0 Å². The van der Waals surface area contributed by atoms with E-state index in [-0.39, 0.29) is 0 Å². The quantitative estimate of drug-likeness (QED) is 0.866. The first kappa shape index (κ1) is 15.5. The SMILES string of the molecule is CCC(C)C1CNC(C(C)C)CN1CCn1cccn1. The molecule has 1 saturated heterocycles. The molecular weight excluding hydrogens is 248 g/mol. The first-order chi connectivity index (χ1) is 9.61. The lowest BCUT2D eigenvalue weighted by Gasteiger charge is -2.44. The third-order valence-electron chi connectivity index (χ3n) is 4.77. The van der Waals surface area contributed by atoms with E-state index in [9.17, 15) is 0 Å². The summed E-state index contributed by atoms with van der Waals surface area (Å²) in [6.45, 7) is 13.7. The van der Waals surface area contributed by atoms with E-state index < -0.39 is 0 Å². The highest BCUT2D eigenvalue weighted by atomic mass is 15.3. The molecule has 1 N–H and O–H groups in total. The van der Waals surface area contributed by atoms with Crippen molar-refractivity contribution in [3.63, 3.8) is 0 Å². The van der Waals surface area contributed by atoms with E-state index in [1.165, 1.54) is 6.42 Å². The van der Waals surface area contributed by atoms with Crippen LogP contribution in [-0.4, -0.2) is 46.4 Å². The van der Waals surface area contributed by atoms with Crippen LogP contribution in [0, 0.1) is 11.8 Å². The number of hydrogen-bond acceptors (Lipinski definition) is 3. The Balaban J connectivity index is 1.97. The Morgan fingerprint density at radius 1 is 1.30 bits per heavy atom. The molecule has 0 spiro atoms. The molecule has 0 aliphatic carbocycles. The second-order valence-electron chi connectivity index (χ2n) is 6.48. The molecule has 1 aliphatic rings. The molecule has 1 aromatic rings. The minimum atomic E-state index is 0.618. The van der Waals surface area contributed by atoms with Crippen LogP contribution < -0.4 is 5.32 Å². The maximum atomic E-state index is 4.32. The van der Waals surface area contributed by atoms with E-state index in [2.05, 4.69) is 49.2 Å². The van der Waals surface area contributed by atoms with Crippen LogP contribution in [-0.2, 0) is 6.54 Å². The summed E-state index contributed by atoms with van der Waals surface area (Å²) in [4.78, 5) is 2.68. The predicted octanol–water partition coefficient (Wildman–Crippen LogP) is 2.23. The van der Waals surface area contributed by atoms with Crippen LogP contribution in [0.4, 0.5) is 0 Å². The standard InChI is InChI=1S/C16H30N4/c1-5-14(4)16-11-17-15(13(2)3)12-19(16)9-10-20-8-6-7-18-20/h6-8,13-17H,5,9-12H2,1-4H3. The predicted molar refractivity (Wildman–Crippen MR) is 83.7 cm³/mol. The van der Waals surface area contributed by atoms with Gasteiger partial charge in [0.05, 0.1) is 6.54 Å². The fourth-order valence-corrected chi connectivity index (χ4v) is 3.05. The van der Waals surface area contributed by atoms with E-state index >= 15 is 0 Å². The summed E-state index contributed by atoms with van der Waals surface area (Å²) in [5, 5.41) is 8.06. The van der Waals surface area contributed by atoms with Gasteiger partial charge in [-0.1, -0.05) is 34.1 Å². The zero-order valence-corrected chi connectivity index (χ0v) is 13.4. The van der Waals surface area contributed by atoms with Crippen molar-refractivity contribution >= 4 is 0 Å². The van der Waals surface area contributed by atoms with Crippen molar-refractivity contribution in [2.24, 2.45) is 11.8 Å². The van der Waals surface area contributed by atoms with E-state index in [4.69, 9.17) is 0 Å². The van der Waals surface area contributed by atoms with Crippen molar-refractivity contribution in [1.82, 2.24) is 20.0 Å². The highest BCUT2D eigenvalue weighted by Crippen LogP contribution is 2.20. The van der Waals surface area contributed by atoms with Crippen LogP contribution in [0.2, 0.25) is 0 Å². The van der Waals surface area contributed by atoms with Crippen molar-refractivity contribution in [2.75, 3.05) is 19.6 Å². The van der Waals surface area contributed by atoms with Gasteiger partial charge in [0.2, 0.25) is 0 Å². The lowest BCUT2D eigenvalue weighted by atomic mass is 9.92. The summed E-state index contributed by atoms with van der Waals surface area (Å²) in [7, 11) is 0. The van der Waals surface area contributed by atoms with Crippen LogP contribution in [0.15, 0.2) is 18.5 Å². The molecule has 0 saturated carbocycles. The molecule has 0 radical (unpaired) electrons. The van der Waals surface area contributed by atoms with Crippen molar-refractivity contribution in [2.45, 2.75) is 52.7 Å². The summed E-state index contributed by atoms with van der Waals surface area (Å²) in [5.41, 5.74) is 0. The molecule has 3 unspecified atom stereocenters. The monoisotopic (exact) mass is 278 g/mol. The van der Waals surface area contributed by atoms with Gasteiger partial charge in [-0.3, -0.25) is 9.58 Å². The van der Waals surface area contributed by atoms with Crippen molar-refractivity contribution in [3.05, 3.63) is 18.5 Å². The summed E-state index contributed by atoms with van der Waals surface area (Å²) in [6.07, 6.45) is 5.16. The molecule has 3 atom stereocenters. The van der Waals surface area contributed by atoms with Crippen molar-refractivity contribution in [3.8, 4) is 0 Å². The average molecular weight is 278 g/mol. The molecule has 4 nitrogen and oxygen atoms in total. The molecular formula is C16H30N4. The summed E-state index contributed by atoms with van der Waals surface area (Å²) in [5.74, 6) is 1.44. The largest absolute Gasteiger partial charge is 0.311 e. The van der Waals surface area contributed by atoms with Crippen LogP contribution in [0.1, 0.15) is 34.1 Å². The first-order valence-electron chi connectivity index (χ1n) is 8.06. The molecule has 2 heterocycles. The fraction of sp³-hybridized carbons (Fsp3) is 0.812. The van der Waals surface area contributed by atoms with Crippen LogP contribution in [0.25, 0.3) is 0 Å². The zero-order valence-electron chi connectivity index (χ0n) is 13.4. The smallest absolute Gasteiger partial charge is 0.0536 e. The van der Waals surface area contributed by atoms with Crippen molar-refractivity contribution in [1.29, 1.82) is 0 Å². The third-order valence-corrected chi connectivity index (χ3v) is 4.77. The number of nitrogens with one attached hydrogen (secondary N) is 1. The lowest BCUT2D eigenvalue weighted by Crippen LogP contribution is -2.60. The molecule has 0 aromatic carbocycles.